The van der Waals surface area contributed by atoms with Gasteiger partial charge in [0.1, 0.15) is 0 Å². The van der Waals surface area contributed by atoms with Crippen LogP contribution < -0.4 is 10.3 Å². The number of hydrogen-bond acceptors (Lipinski definition) is 3. The number of anilines is 1. The lowest BCUT2D eigenvalue weighted by molar-refractivity contribution is -0.137. The first-order valence-electron chi connectivity index (χ1n) is 13.4. The summed E-state index contributed by atoms with van der Waals surface area (Å²) in [5, 5.41) is 9.21. The Bertz CT molecular complexity index is 1200. The third-order valence-electron chi connectivity index (χ3n) is 6.33. The Balaban J connectivity index is 0.00000170. The van der Waals surface area contributed by atoms with Gasteiger partial charge >= 0.3 is 6.18 Å². The average molecular weight is 540 g/mol. The molecule has 0 aromatic heterocycles. The molecule has 4 nitrogen and oxygen atoms in total. The molecule has 1 heterocycles. The van der Waals surface area contributed by atoms with Crippen molar-refractivity contribution >= 4 is 23.5 Å². The Morgan fingerprint density at radius 3 is 2.51 bits per heavy atom. The Hall–Kier alpha value is -3.61. The van der Waals surface area contributed by atoms with E-state index in [4.69, 9.17) is 0 Å². The number of amides is 1. The van der Waals surface area contributed by atoms with E-state index in [2.05, 4.69) is 23.1 Å². The lowest BCUT2D eigenvalue weighted by Crippen LogP contribution is -2.29. The fourth-order valence-electron chi connectivity index (χ4n) is 4.20. The lowest BCUT2D eigenvalue weighted by Gasteiger charge is -2.27. The van der Waals surface area contributed by atoms with Gasteiger partial charge in [0.25, 0.3) is 0 Å². The molecule has 0 spiro atoms. The van der Waals surface area contributed by atoms with Gasteiger partial charge in [-0.15, -0.1) is 6.58 Å². The number of aryl methyl sites for hydroxylation is 1. The van der Waals surface area contributed by atoms with Gasteiger partial charge in [0, 0.05) is 23.9 Å². The van der Waals surface area contributed by atoms with Crippen LogP contribution in [0.4, 0.5) is 18.9 Å². The minimum absolute atomic E-state index is 0.267. The van der Waals surface area contributed by atoms with E-state index in [1.807, 2.05) is 52.0 Å². The van der Waals surface area contributed by atoms with Gasteiger partial charge in [-0.2, -0.15) is 18.3 Å². The van der Waals surface area contributed by atoms with E-state index in [1.165, 1.54) is 6.07 Å². The topological polar surface area (TPSA) is 44.7 Å². The quantitative estimate of drug-likeness (QED) is 0.256. The number of nitrogens with zero attached hydrogens (tertiary/aromatic N) is 2. The minimum Gasteiger partial charge on any atom is -0.352 e. The van der Waals surface area contributed by atoms with Crippen molar-refractivity contribution in [1.82, 2.24) is 5.32 Å². The summed E-state index contributed by atoms with van der Waals surface area (Å²) in [6.07, 6.45) is 7.90. The molecule has 1 amide bonds. The summed E-state index contributed by atoms with van der Waals surface area (Å²) in [5.74, 6) is -0.267. The van der Waals surface area contributed by atoms with Gasteiger partial charge in [-0.1, -0.05) is 48.9 Å². The van der Waals surface area contributed by atoms with E-state index in [0.717, 1.165) is 54.6 Å². The SMILES string of the molecule is C/C=C\CCCCCNC(=O)C1=C(c2cccc(C(F)(F)F)c2)N(c2cccc(C)c2C)N=CCC1.C=CC. The number of unbranched alkanes of at least 4 members (excludes halogenated alkanes) is 3. The van der Waals surface area contributed by atoms with Crippen LogP contribution >= 0.6 is 0 Å². The maximum absolute atomic E-state index is 13.6. The van der Waals surface area contributed by atoms with Gasteiger partial charge in [0.05, 0.1) is 16.9 Å². The van der Waals surface area contributed by atoms with Crippen LogP contribution in [0.15, 0.2) is 77.9 Å². The molecule has 0 fully saturated rings. The standard InChI is InChI=1S/C29H34F3N3O.C3H6/c1-4-5-6-7-8-9-18-33-28(36)25-16-12-19-34-35(26-17-10-13-21(2)22(26)3)27(25)23-14-11-15-24(20-23)29(30,31)32;1-3-2/h4-5,10-11,13-15,17,19-20H,6-9,12,16,18H2,1-3H3,(H,33,36);3H,1H2,2H3/b5-4-;. The van der Waals surface area contributed by atoms with Gasteiger partial charge in [0.2, 0.25) is 5.91 Å². The number of carbonyl (C=O) groups excluding carboxylic acids is 1. The highest BCUT2D eigenvalue weighted by molar-refractivity contribution is 6.04. The van der Waals surface area contributed by atoms with Gasteiger partial charge in [-0.25, -0.2) is 5.01 Å². The van der Waals surface area contributed by atoms with Crippen molar-refractivity contribution in [3.8, 4) is 0 Å². The number of alkyl halides is 3. The van der Waals surface area contributed by atoms with Crippen LogP contribution in [0.3, 0.4) is 0 Å². The van der Waals surface area contributed by atoms with Crippen LogP contribution in [0.1, 0.15) is 74.6 Å². The fourth-order valence-corrected chi connectivity index (χ4v) is 4.20. The predicted molar refractivity (Wildman–Crippen MR) is 157 cm³/mol. The van der Waals surface area contributed by atoms with Crippen molar-refractivity contribution in [2.24, 2.45) is 5.10 Å². The van der Waals surface area contributed by atoms with Crippen molar-refractivity contribution in [1.29, 1.82) is 0 Å². The Morgan fingerprint density at radius 2 is 1.82 bits per heavy atom. The first-order valence-corrected chi connectivity index (χ1v) is 13.4. The number of allylic oxidation sites excluding steroid dienone is 3. The molecule has 0 aliphatic carbocycles. The van der Waals surface area contributed by atoms with Crippen molar-refractivity contribution in [2.75, 3.05) is 11.6 Å². The Morgan fingerprint density at radius 1 is 1.10 bits per heavy atom. The molecule has 0 radical (unpaired) electrons. The highest BCUT2D eigenvalue weighted by Crippen LogP contribution is 2.37. The van der Waals surface area contributed by atoms with Crippen LogP contribution in [0.5, 0.6) is 0 Å². The predicted octanol–water partition coefficient (Wildman–Crippen LogP) is 8.76. The summed E-state index contributed by atoms with van der Waals surface area (Å²) in [5.41, 5.74) is 3.07. The van der Waals surface area contributed by atoms with Crippen LogP contribution in [-0.4, -0.2) is 18.7 Å². The third-order valence-corrected chi connectivity index (χ3v) is 6.33. The summed E-state index contributed by atoms with van der Waals surface area (Å²) in [6.45, 7) is 11.7. The van der Waals surface area contributed by atoms with Gasteiger partial charge in [-0.05, 0) is 89.1 Å². The third kappa shape index (κ3) is 9.27. The number of rotatable bonds is 9. The van der Waals surface area contributed by atoms with E-state index in [0.29, 0.717) is 36.2 Å². The first kappa shape index (κ1) is 31.6. The van der Waals surface area contributed by atoms with E-state index in [1.54, 1.807) is 23.4 Å². The van der Waals surface area contributed by atoms with E-state index < -0.39 is 11.7 Å². The zero-order valence-electron chi connectivity index (χ0n) is 23.4. The molecule has 0 bridgehead atoms. The number of benzene rings is 2. The molecule has 1 aliphatic heterocycles. The molecule has 0 saturated heterocycles. The highest BCUT2D eigenvalue weighted by atomic mass is 19.4. The number of hydrogen-bond donors (Lipinski definition) is 1. The largest absolute Gasteiger partial charge is 0.416 e. The summed E-state index contributed by atoms with van der Waals surface area (Å²) in [4.78, 5) is 13.4. The maximum atomic E-state index is 13.6. The molecular formula is C32H40F3N3O. The number of carbonyl (C=O) groups is 1. The van der Waals surface area contributed by atoms with E-state index in [-0.39, 0.29) is 5.91 Å². The smallest absolute Gasteiger partial charge is 0.352 e. The second-order valence-electron chi connectivity index (χ2n) is 9.36. The number of halogens is 3. The fraction of sp³-hybridized carbons (Fsp3) is 0.375. The molecule has 2 aromatic carbocycles. The van der Waals surface area contributed by atoms with Crippen LogP contribution in [0.2, 0.25) is 0 Å². The molecule has 210 valence electrons. The summed E-state index contributed by atoms with van der Waals surface area (Å²) in [6, 6.07) is 10.9. The minimum atomic E-state index is -4.50. The van der Waals surface area contributed by atoms with Gasteiger partial charge in [-0.3, -0.25) is 4.79 Å². The van der Waals surface area contributed by atoms with Crippen molar-refractivity contribution in [3.05, 3.63) is 95.1 Å². The Labute approximate surface area is 231 Å². The van der Waals surface area contributed by atoms with Crippen molar-refractivity contribution < 1.29 is 18.0 Å². The first-order chi connectivity index (χ1) is 18.6. The zero-order valence-corrected chi connectivity index (χ0v) is 23.4. The molecule has 0 saturated carbocycles. The normalized spacial score (nSPS) is 13.7. The monoisotopic (exact) mass is 539 g/mol. The maximum Gasteiger partial charge on any atom is 0.416 e. The molecule has 1 N–H and O–H groups in total. The van der Waals surface area contributed by atoms with E-state index in [9.17, 15) is 18.0 Å². The van der Waals surface area contributed by atoms with Crippen molar-refractivity contribution in [3.63, 3.8) is 0 Å². The molecule has 3 rings (SSSR count). The second kappa shape index (κ2) is 15.7. The van der Waals surface area contributed by atoms with Crippen LogP contribution in [0.25, 0.3) is 5.70 Å². The molecule has 7 heteroatoms. The van der Waals surface area contributed by atoms with Crippen LogP contribution in [-0.2, 0) is 11.0 Å². The molecule has 0 unspecified atom stereocenters. The average Bonchev–Trinajstić information content (AvgIpc) is 3.13. The molecule has 1 aliphatic rings. The zero-order chi connectivity index (χ0) is 28.8. The molecule has 39 heavy (non-hydrogen) atoms. The number of nitrogens with one attached hydrogen (secondary N) is 1. The Kier molecular flexibility index (Phi) is 12.7. The summed E-state index contributed by atoms with van der Waals surface area (Å²) >= 11 is 0. The summed E-state index contributed by atoms with van der Waals surface area (Å²) < 4.78 is 40.7. The molecular weight excluding hydrogens is 499 g/mol. The van der Waals surface area contributed by atoms with Gasteiger partial charge < -0.3 is 5.32 Å². The molecule has 0 atom stereocenters. The van der Waals surface area contributed by atoms with E-state index >= 15 is 0 Å². The lowest BCUT2D eigenvalue weighted by atomic mass is 9.98. The van der Waals surface area contributed by atoms with Crippen molar-refractivity contribution in [2.45, 2.75) is 72.4 Å². The summed E-state index contributed by atoms with van der Waals surface area (Å²) in [7, 11) is 0. The van der Waals surface area contributed by atoms with Gasteiger partial charge in [0.15, 0.2) is 0 Å². The van der Waals surface area contributed by atoms with Crippen LogP contribution in [0, 0.1) is 13.8 Å². The second-order valence-corrected chi connectivity index (χ2v) is 9.36. The number of hydrazone groups is 1. The molecule has 2 aromatic rings. The highest BCUT2D eigenvalue weighted by Gasteiger charge is 2.32.